The quantitative estimate of drug-likeness (QED) is 0.751. The minimum absolute atomic E-state index is 0.179. The molecule has 0 aliphatic carbocycles. The van der Waals surface area contributed by atoms with Crippen molar-refractivity contribution >= 4 is 5.91 Å². The third kappa shape index (κ3) is 5.08. The van der Waals surface area contributed by atoms with Crippen molar-refractivity contribution in [1.29, 1.82) is 0 Å². The number of unbranched alkanes of at least 4 members (excludes halogenated alkanes) is 2. The summed E-state index contributed by atoms with van der Waals surface area (Å²) in [5.74, 6) is 2.20. The van der Waals surface area contributed by atoms with Crippen LogP contribution in [-0.4, -0.2) is 28.6 Å². The van der Waals surface area contributed by atoms with E-state index in [1.54, 1.807) is 7.11 Å². The molecule has 0 bridgehead atoms. The highest BCUT2D eigenvalue weighted by Crippen LogP contribution is 2.15. The predicted molar refractivity (Wildman–Crippen MR) is 97.6 cm³/mol. The highest BCUT2D eigenvalue weighted by atomic mass is 16.5. The van der Waals surface area contributed by atoms with Gasteiger partial charge in [-0.15, -0.1) is 0 Å². The number of methoxy groups -OCH3 is 1. The number of carbonyl (C=O) groups is 1. The minimum atomic E-state index is 0.179. The van der Waals surface area contributed by atoms with Gasteiger partial charge in [-0.1, -0.05) is 18.6 Å². The topological polar surface area (TPSA) is 56.1 Å². The number of ether oxygens (including phenoxy) is 1. The van der Waals surface area contributed by atoms with E-state index >= 15 is 0 Å². The van der Waals surface area contributed by atoms with Crippen LogP contribution in [0.2, 0.25) is 0 Å². The van der Waals surface area contributed by atoms with Gasteiger partial charge in [-0.3, -0.25) is 4.79 Å². The number of rotatable bonds is 8. The number of nitrogens with one attached hydrogen (secondary N) is 1. The van der Waals surface area contributed by atoms with Gasteiger partial charge in [0.1, 0.15) is 11.6 Å². The lowest BCUT2D eigenvalue weighted by atomic mass is 10.0. The highest BCUT2D eigenvalue weighted by molar-refractivity contribution is 5.76. The summed E-state index contributed by atoms with van der Waals surface area (Å²) in [4.78, 5) is 16.4. The summed E-state index contributed by atoms with van der Waals surface area (Å²) in [6, 6.07) is 8.46. The van der Waals surface area contributed by atoms with Crippen LogP contribution in [0.3, 0.4) is 0 Å². The molecule has 0 spiro atoms. The van der Waals surface area contributed by atoms with Crippen LogP contribution in [0.1, 0.15) is 43.5 Å². The molecule has 1 aromatic carbocycles. The number of imidazole rings is 1. The lowest BCUT2D eigenvalue weighted by Crippen LogP contribution is -2.40. The van der Waals surface area contributed by atoms with Gasteiger partial charge in [0, 0.05) is 37.8 Å². The normalized spacial score (nSPS) is 16.3. The molecule has 2 aromatic rings. The van der Waals surface area contributed by atoms with Crippen LogP contribution in [0.25, 0.3) is 0 Å². The molecule has 2 heterocycles. The van der Waals surface area contributed by atoms with Crippen LogP contribution in [-0.2, 0) is 24.2 Å². The second kappa shape index (κ2) is 8.70. The van der Waals surface area contributed by atoms with Gasteiger partial charge in [0.05, 0.1) is 7.11 Å². The van der Waals surface area contributed by atoms with E-state index in [1.165, 1.54) is 5.56 Å². The molecule has 1 aliphatic heterocycles. The molecule has 1 aromatic heterocycles. The first-order valence-electron chi connectivity index (χ1n) is 9.17. The average molecular weight is 341 g/mol. The Morgan fingerprint density at radius 2 is 2.12 bits per heavy atom. The van der Waals surface area contributed by atoms with E-state index in [1.807, 2.05) is 24.5 Å². The number of aryl methyl sites for hydroxylation is 2. The molecule has 0 radical (unpaired) electrons. The van der Waals surface area contributed by atoms with E-state index < -0.39 is 0 Å². The molecular formula is C20H27N3O2. The number of amides is 1. The van der Waals surface area contributed by atoms with E-state index in [9.17, 15) is 4.79 Å². The second-order valence-electron chi connectivity index (χ2n) is 6.71. The summed E-state index contributed by atoms with van der Waals surface area (Å²) in [5.41, 5.74) is 1.32. The fourth-order valence-corrected chi connectivity index (χ4v) is 3.37. The van der Waals surface area contributed by atoms with Crippen LogP contribution < -0.4 is 10.1 Å². The van der Waals surface area contributed by atoms with Crippen LogP contribution in [0, 0.1) is 0 Å². The monoisotopic (exact) mass is 341 g/mol. The highest BCUT2D eigenvalue weighted by Gasteiger charge is 2.19. The van der Waals surface area contributed by atoms with Crippen molar-refractivity contribution in [2.24, 2.45) is 0 Å². The molecule has 0 fully saturated rings. The fourth-order valence-electron chi connectivity index (χ4n) is 3.37. The van der Waals surface area contributed by atoms with Crippen molar-refractivity contribution in [3.8, 4) is 5.75 Å². The van der Waals surface area contributed by atoms with Crippen molar-refractivity contribution < 1.29 is 9.53 Å². The van der Waals surface area contributed by atoms with Gasteiger partial charge >= 0.3 is 0 Å². The lowest BCUT2D eigenvalue weighted by molar-refractivity contribution is -0.122. The Labute approximate surface area is 149 Å². The summed E-state index contributed by atoms with van der Waals surface area (Å²) in [7, 11) is 1.68. The van der Waals surface area contributed by atoms with Crippen molar-refractivity contribution in [2.45, 2.75) is 57.5 Å². The zero-order chi connectivity index (χ0) is 17.5. The van der Waals surface area contributed by atoms with E-state index in [0.717, 1.165) is 56.6 Å². The predicted octanol–water partition coefficient (Wildman–Crippen LogP) is 3.13. The SMILES string of the molecule is COc1ccc(CCCCCC(=O)NC2CCc3nccn3C2)cc1. The number of hydrogen-bond donors (Lipinski definition) is 1. The van der Waals surface area contributed by atoms with Crippen LogP contribution in [0.15, 0.2) is 36.7 Å². The molecule has 25 heavy (non-hydrogen) atoms. The maximum absolute atomic E-state index is 12.1. The molecule has 1 unspecified atom stereocenters. The molecule has 5 nitrogen and oxygen atoms in total. The molecule has 134 valence electrons. The molecule has 0 saturated carbocycles. The van der Waals surface area contributed by atoms with Crippen LogP contribution in [0.4, 0.5) is 0 Å². The maximum Gasteiger partial charge on any atom is 0.220 e. The molecule has 1 aliphatic rings. The van der Waals surface area contributed by atoms with E-state index in [2.05, 4.69) is 27.0 Å². The summed E-state index contributed by atoms with van der Waals surface area (Å²) in [5, 5.41) is 3.17. The van der Waals surface area contributed by atoms with Crippen molar-refractivity contribution in [3.05, 3.63) is 48.0 Å². The van der Waals surface area contributed by atoms with Gasteiger partial charge < -0.3 is 14.6 Å². The Balaban J connectivity index is 1.29. The zero-order valence-electron chi connectivity index (χ0n) is 14.9. The standard InChI is InChI=1S/C20H27N3O2/c1-25-18-10-7-16(8-11-18)5-3-2-4-6-20(24)22-17-9-12-19-21-13-14-23(19)15-17/h7-8,10-11,13-14,17H,2-6,9,12,15H2,1H3,(H,22,24). The minimum Gasteiger partial charge on any atom is -0.497 e. The number of hydrogen-bond acceptors (Lipinski definition) is 3. The Morgan fingerprint density at radius 1 is 1.28 bits per heavy atom. The van der Waals surface area contributed by atoms with Crippen molar-refractivity contribution in [2.75, 3.05) is 7.11 Å². The number of carbonyl (C=O) groups excluding carboxylic acids is 1. The number of nitrogens with zero attached hydrogens (tertiary/aromatic N) is 2. The molecule has 1 atom stereocenters. The van der Waals surface area contributed by atoms with Crippen molar-refractivity contribution in [3.63, 3.8) is 0 Å². The average Bonchev–Trinajstić information content (AvgIpc) is 3.09. The Bertz CT molecular complexity index is 679. The van der Waals surface area contributed by atoms with Gasteiger partial charge in [0.15, 0.2) is 0 Å². The zero-order valence-corrected chi connectivity index (χ0v) is 14.9. The maximum atomic E-state index is 12.1. The number of benzene rings is 1. The van der Waals surface area contributed by atoms with Crippen molar-refractivity contribution in [1.82, 2.24) is 14.9 Å². The van der Waals surface area contributed by atoms with Gasteiger partial charge in [0.2, 0.25) is 5.91 Å². The molecule has 3 rings (SSSR count). The van der Waals surface area contributed by atoms with Gasteiger partial charge in [0.25, 0.3) is 0 Å². The Kier molecular flexibility index (Phi) is 6.09. The first-order valence-corrected chi connectivity index (χ1v) is 9.17. The summed E-state index contributed by atoms with van der Waals surface area (Å²) in [6.45, 7) is 0.846. The van der Waals surface area contributed by atoms with Crippen LogP contribution in [0.5, 0.6) is 5.75 Å². The van der Waals surface area contributed by atoms with Gasteiger partial charge in [-0.25, -0.2) is 4.98 Å². The summed E-state index contributed by atoms with van der Waals surface area (Å²) in [6.07, 6.45) is 10.6. The fraction of sp³-hybridized carbons (Fsp3) is 0.500. The van der Waals surface area contributed by atoms with Gasteiger partial charge in [-0.05, 0) is 43.4 Å². The molecule has 1 amide bonds. The first-order chi connectivity index (χ1) is 12.2. The molecule has 5 heteroatoms. The molecular weight excluding hydrogens is 314 g/mol. The first kappa shape index (κ1) is 17.5. The van der Waals surface area contributed by atoms with E-state index in [4.69, 9.17) is 4.74 Å². The Morgan fingerprint density at radius 3 is 2.92 bits per heavy atom. The smallest absolute Gasteiger partial charge is 0.220 e. The summed E-state index contributed by atoms with van der Waals surface area (Å²) < 4.78 is 7.31. The third-order valence-electron chi connectivity index (χ3n) is 4.83. The Hall–Kier alpha value is -2.30. The molecule has 1 N–H and O–H groups in total. The molecule has 0 saturated heterocycles. The van der Waals surface area contributed by atoms with E-state index in [0.29, 0.717) is 6.42 Å². The second-order valence-corrected chi connectivity index (χ2v) is 6.71. The van der Waals surface area contributed by atoms with Gasteiger partial charge in [-0.2, -0.15) is 0 Å². The van der Waals surface area contributed by atoms with Crippen LogP contribution >= 0.6 is 0 Å². The number of aromatic nitrogens is 2. The van der Waals surface area contributed by atoms with E-state index in [-0.39, 0.29) is 11.9 Å². The largest absolute Gasteiger partial charge is 0.497 e. The lowest BCUT2D eigenvalue weighted by Gasteiger charge is -2.24. The summed E-state index contributed by atoms with van der Waals surface area (Å²) >= 11 is 0. The third-order valence-corrected chi connectivity index (χ3v) is 4.83. The number of fused-ring (bicyclic) bond motifs is 1.